The van der Waals surface area contributed by atoms with Crippen LogP contribution in [0.4, 0.5) is 11.6 Å². The normalized spacial score (nSPS) is 11.5. The van der Waals surface area contributed by atoms with E-state index < -0.39 is 0 Å². The molecule has 1 amide bonds. The topological polar surface area (TPSA) is 94.0 Å². The number of aryl methyl sites for hydroxylation is 2. The molecule has 4 rings (SSSR count). The minimum Gasteiger partial charge on any atom is -0.493 e. The molecule has 0 spiro atoms. The van der Waals surface area contributed by atoms with Crippen LogP contribution < -0.4 is 19.5 Å². The molecule has 0 atom stereocenters. The number of nitrogens with zero attached hydrogens (tertiary/aromatic N) is 5. The van der Waals surface area contributed by atoms with E-state index in [4.69, 9.17) is 19.2 Å². The number of carbonyl (C=O) groups excluding carboxylic acids is 1. The van der Waals surface area contributed by atoms with Gasteiger partial charge < -0.3 is 33.9 Å². The standard InChI is InChI=1S/C37H52N6O4/c1-26(2)24-42(25-27(3)4)36(44)28-15-16-32-31(21-28)40-37(39-30-22-33(45-6)35(47-8)34(23-30)46-7)43(32)20-12-19-41(5)18-11-14-29-13-9-10-17-38-29/h9-10,13,15-17,21-23,26-27H,11-12,14,18-20,24-25H2,1-8H3,(H,39,40). The predicted molar refractivity (Wildman–Crippen MR) is 189 cm³/mol. The summed E-state index contributed by atoms with van der Waals surface area (Å²) in [6.45, 7) is 12.7. The van der Waals surface area contributed by atoms with Crippen molar-refractivity contribution in [1.29, 1.82) is 0 Å². The smallest absolute Gasteiger partial charge is 0.253 e. The summed E-state index contributed by atoms with van der Waals surface area (Å²) in [4.78, 5) is 27.5. The first kappa shape index (κ1) is 35.5. The average Bonchev–Trinajstić information content (AvgIpc) is 3.39. The van der Waals surface area contributed by atoms with Gasteiger partial charge in [-0.2, -0.15) is 0 Å². The third-order valence-electron chi connectivity index (χ3n) is 7.99. The number of carbonyl (C=O) groups is 1. The monoisotopic (exact) mass is 644 g/mol. The summed E-state index contributed by atoms with van der Waals surface area (Å²) >= 11 is 0. The Morgan fingerprint density at radius 1 is 0.894 bits per heavy atom. The minimum absolute atomic E-state index is 0.0373. The molecule has 0 bridgehead atoms. The molecule has 254 valence electrons. The molecule has 0 radical (unpaired) electrons. The van der Waals surface area contributed by atoms with Gasteiger partial charge in [-0.3, -0.25) is 9.78 Å². The number of methoxy groups -OCH3 is 3. The van der Waals surface area contributed by atoms with Crippen molar-refractivity contribution in [2.45, 2.75) is 53.5 Å². The quantitative estimate of drug-likeness (QED) is 0.125. The summed E-state index contributed by atoms with van der Waals surface area (Å²) < 4.78 is 18.9. The molecule has 2 aromatic carbocycles. The number of anilines is 2. The molecule has 4 aromatic rings. The molecule has 0 fully saturated rings. The van der Waals surface area contributed by atoms with Gasteiger partial charge in [0.2, 0.25) is 11.7 Å². The third kappa shape index (κ3) is 9.60. The molecule has 0 aliphatic carbocycles. The largest absolute Gasteiger partial charge is 0.493 e. The Hall–Kier alpha value is -4.31. The van der Waals surface area contributed by atoms with E-state index in [0.717, 1.165) is 61.3 Å². The van der Waals surface area contributed by atoms with Crippen LogP contribution in [0.15, 0.2) is 54.7 Å². The lowest BCUT2D eigenvalue weighted by Crippen LogP contribution is -2.37. The van der Waals surface area contributed by atoms with E-state index in [1.54, 1.807) is 21.3 Å². The van der Waals surface area contributed by atoms with E-state index >= 15 is 0 Å². The van der Waals surface area contributed by atoms with E-state index in [1.165, 1.54) is 0 Å². The zero-order valence-corrected chi connectivity index (χ0v) is 29.4. The first-order valence-corrected chi connectivity index (χ1v) is 16.6. The van der Waals surface area contributed by atoms with Gasteiger partial charge >= 0.3 is 0 Å². The fourth-order valence-corrected chi connectivity index (χ4v) is 5.86. The van der Waals surface area contributed by atoms with Crippen molar-refractivity contribution >= 4 is 28.6 Å². The SMILES string of the molecule is COc1cc(Nc2nc3cc(C(=O)N(CC(C)C)CC(C)C)ccc3n2CCCN(C)CCCc2ccccn2)cc(OC)c1OC. The van der Waals surface area contributed by atoms with E-state index in [1.807, 2.05) is 53.6 Å². The van der Waals surface area contributed by atoms with Gasteiger partial charge in [-0.15, -0.1) is 0 Å². The third-order valence-corrected chi connectivity index (χ3v) is 7.99. The molecule has 10 heteroatoms. The van der Waals surface area contributed by atoms with Crippen LogP contribution in [0, 0.1) is 11.8 Å². The van der Waals surface area contributed by atoms with Gasteiger partial charge in [-0.05, 0) is 81.6 Å². The fourth-order valence-electron chi connectivity index (χ4n) is 5.86. The van der Waals surface area contributed by atoms with Gasteiger partial charge in [0.05, 0.1) is 32.4 Å². The Kier molecular flexibility index (Phi) is 12.9. The molecular weight excluding hydrogens is 592 g/mol. The average molecular weight is 645 g/mol. The predicted octanol–water partition coefficient (Wildman–Crippen LogP) is 6.91. The second-order valence-corrected chi connectivity index (χ2v) is 12.9. The van der Waals surface area contributed by atoms with E-state index in [-0.39, 0.29) is 5.91 Å². The van der Waals surface area contributed by atoms with Crippen LogP contribution in [-0.2, 0) is 13.0 Å². The van der Waals surface area contributed by atoms with Gasteiger partial charge in [-0.25, -0.2) is 4.98 Å². The molecular formula is C37H52N6O4. The fraction of sp³-hybridized carbons (Fsp3) is 0.486. The number of rotatable bonds is 18. The van der Waals surface area contributed by atoms with Crippen LogP contribution >= 0.6 is 0 Å². The summed E-state index contributed by atoms with van der Waals surface area (Å²) in [5, 5.41) is 3.50. The van der Waals surface area contributed by atoms with Crippen LogP contribution in [0.25, 0.3) is 11.0 Å². The second-order valence-electron chi connectivity index (χ2n) is 12.9. The van der Waals surface area contributed by atoms with Crippen LogP contribution in [0.1, 0.15) is 56.6 Å². The molecule has 0 aliphatic rings. The Morgan fingerprint density at radius 2 is 1.57 bits per heavy atom. The molecule has 2 aromatic heterocycles. The number of nitrogens with one attached hydrogen (secondary N) is 1. The maximum Gasteiger partial charge on any atom is 0.253 e. The lowest BCUT2D eigenvalue weighted by atomic mass is 10.1. The van der Waals surface area contributed by atoms with Gasteiger partial charge in [0, 0.05) is 54.9 Å². The Morgan fingerprint density at radius 3 is 2.17 bits per heavy atom. The highest BCUT2D eigenvalue weighted by Crippen LogP contribution is 2.40. The van der Waals surface area contributed by atoms with Gasteiger partial charge in [0.25, 0.3) is 5.91 Å². The van der Waals surface area contributed by atoms with Crippen molar-refractivity contribution < 1.29 is 19.0 Å². The molecule has 47 heavy (non-hydrogen) atoms. The van der Waals surface area contributed by atoms with Crippen LogP contribution in [0.5, 0.6) is 17.2 Å². The van der Waals surface area contributed by atoms with E-state index in [2.05, 4.69) is 60.6 Å². The molecule has 10 nitrogen and oxygen atoms in total. The number of hydrogen-bond donors (Lipinski definition) is 1. The summed E-state index contributed by atoms with van der Waals surface area (Å²) in [6.07, 6.45) is 4.79. The summed E-state index contributed by atoms with van der Waals surface area (Å²) in [7, 11) is 6.95. The number of ether oxygens (including phenoxy) is 3. The van der Waals surface area contributed by atoms with Crippen molar-refractivity contribution in [3.05, 3.63) is 66.0 Å². The van der Waals surface area contributed by atoms with Gasteiger partial charge in [-0.1, -0.05) is 33.8 Å². The zero-order chi connectivity index (χ0) is 33.9. The molecule has 1 N–H and O–H groups in total. The first-order chi connectivity index (χ1) is 22.6. The summed E-state index contributed by atoms with van der Waals surface area (Å²) in [5.74, 6) is 3.09. The minimum atomic E-state index is 0.0373. The lowest BCUT2D eigenvalue weighted by Gasteiger charge is -2.26. The Balaban J connectivity index is 1.59. The van der Waals surface area contributed by atoms with Crippen molar-refractivity contribution in [3.63, 3.8) is 0 Å². The number of amides is 1. The van der Waals surface area contributed by atoms with Crippen LogP contribution in [-0.4, -0.2) is 84.8 Å². The maximum atomic E-state index is 13.7. The number of pyridine rings is 1. The van der Waals surface area contributed by atoms with Crippen LogP contribution in [0.3, 0.4) is 0 Å². The van der Waals surface area contributed by atoms with Crippen molar-refractivity contribution in [3.8, 4) is 17.2 Å². The summed E-state index contributed by atoms with van der Waals surface area (Å²) in [5.41, 5.74) is 4.26. The molecule has 0 saturated carbocycles. The second kappa shape index (κ2) is 17.0. The van der Waals surface area contributed by atoms with Crippen molar-refractivity contribution in [2.75, 3.05) is 59.9 Å². The number of benzene rings is 2. The Labute approximate surface area is 280 Å². The van der Waals surface area contributed by atoms with Crippen molar-refractivity contribution in [2.24, 2.45) is 11.8 Å². The number of fused-ring (bicyclic) bond motifs is 1. The Bertz CT molecular complexity index is 1550. The van der Waals surface area contributed by atoms with Crippen molar-refractivity contribution in [1.82, 2.24) is 24.3 Å². The molecule has 2 heterocycles. The lowest BCUT2D eigenvalue weighted by molar-refractivity contribution is 0.0715. The van der Waals surface area contributed by atoms with Gasteiger partial charge in [0.15, 0.2) is 11.5 Å². The number of imidazole rings is 1. The van der Waals surface area contributed by atoms with Gasteiger partial charge in [0.1, 0.15) is 0 Å². The highest BCUT2D eigenvalue weighted by Gasteiger charge is 2.21. The number of aromatic nitrogens is 3. The summed E-state index contributed by atoms with van der Waals surface area (Å²) in [6, 6.07) is 15.7. The van der Waals surface area contributed by atoms with E-state index in [0.29, 0.717) is 53.7 Å². The first-order valence-electron chi connectivity index (χ1n) is 16.6. The van der Waals surface area contributed by atoms with Crippen LogP contribution in [0.2, 0.25) is 0 Å². The number of hydrogen-bond acceptors (Lipinski definition) is 8. The highest BCUT2D eigenvalue weighted by molar-refractivity contribution is 5.98. The maximum absolute atomic E-state index is 13.7. The molecule has 0 unspecified atom stereocenters. The van der Waals surface area contributed by atoms with E-state index in [9.17, 15) is 4.79 Å². The zero-order valence-electron chi connectivity index (χ0n) is 29.4. The molecule has 0 aliphatic heterocycles. The molecule has 0 saturated heterocycles. The highest BCUT2D eigenvalue weighted by atomic mass is 16.5.